The van der Waals surface area contributed by atoms with Gasteiger partial charge in [0.05, 0.1) is 0 Å². The van der Waals surface area contributed by atoms with Gasteiger partial charge in [0.1, 0.15) is 0 Å². The number of hydrogen-bond acceptors (Lipinski definition) is 2. The van der Waals surface area contributed by atoms with Crippen LogP contribution in [0, 0.1) is 0 Å². The predicted octanol–water partition coefficient (Wildman–Crippen LogP) is 1.57. The van der Waals surface area contributed by atoms with E-state index < -0.39 is 5.91 Å². The lowest BCUT2D eigenvalue weighted by atomic mass is 10.1. The van der Waals surface area contributed by atoms with Crippen molar-refractivity contribution in [2.24, 2.45) is 11.5 Å². The van der Waals surface area contributed by atoms with Crippen LogP contribution in [-0.4, -0.2) is 11.9 Å². The Labute approximate surface area is 81.2 Å². The first kappa shape index (κ1) is 14.7. The SMILES string of the molecule is C=CC(N)=O.CCCC(N)CCC. The second-order valence-electron chi connectivity index (χ2n) is 2.94. The van der Waals surface area contributed by atoms with Gasteiger partial charge < -0.3 is 11.5 Å². The van der Waals surface area contributed by atoms with Gasteiger partial charge in [0.25, 0.3) is 0 Å². The number of carbonyl (C=O) groups excluding carboxylic acids is 1. The van der Waals surface area contributed by atoms with Crippen LogP contribution in [0.5, 0.6) is 0 Å². The van der Waals surface area contributed by atoms with Crippen LogP contribution in [0.25, 0.3) is 0 Å². The van der Waals surface area contributed by atoms with E-state index in [1.165, 1.54) is 25.7 Å². The Hall–Kier alpha value is -0.830. The molecule has 0 saturated heterocycles. The molecule has 0 aliphatic heterocycles. The molecule has 0 aliphatic carbocycles. The number of amides is 1. The van der Waals surface area contributed by atoms with Gasteiger partial charge >= 0.3 is 0 Å². The third-order valence-corrected chi connectivity index (χ3v) is 1.52. The maximum absolute atomic E-state index is 9.47. The molecule has 4 N–H and O–H groups in total. The lowest BCUT2D eigenvalue weighted by molar-refractivity contribution is -0.113. The summed E-state index contributed by atoms with van der Waals surface area (Å²) in [4.78, 5) is 9.47. The van der Waals surface area contributed by atoms with E-state index in [1.54, 1.807) is 0 Å². The van der Waals surface area contributed by atoms with Crippen molar-refractivity contribution in [2.75, 3.05) is 0 Å². The van der Waals surface area contributed by atoms with Gasteiger partial charge in [-0.05, 0) is 18.9 Å². The Morgan fingerprint density at radius 3 is 1.85 bits per heavy atom. The molecule has 78 valence electrons. The average Bonchev–Trinajstić information content (AvgIpc) is 2.06. The molecule has 0 saturated carbocycles. The van der Waals surface area contributed by atoms with Crippen LogP contribution in [-0.2, 0) is 4.79 Å². The molecular formula is C10H22N2O. The van der Waals surface area contributed by atoms with Gasteiger partial charge in [-0.15, -0.1) is 0 Å². The van der Waals surface area contributed by atoms with E-state index in [0.717, 1.165) is 6.08 Å². The van der Waals surface area contributed by atoms with Gasteiger partial charge in [-0.25, -0.2) is 0 Å². The van der Waals surface area contributed by atoms with Gasteiger partial charge in [0.15, 0.2) is 0 Å². The van der Waals surface area contributed by atoms with Gasteiger partial charge in [0, 0.05) is 6.04 Å². The van der Waals surface area contributed by atoms with Crippen LogP contribution in [0.15, 0.2) is 12.7 Å². The van der Waals surface area contributed by atoms with Crippen LogP contribution >= 0.6 is 0 Å². The fourth-order valence-corrected chi connectivity index (χ4v) is 0.886. The standard InChI is InChI=1S/C7H17N.C3H5NO/c1-3-5-7(8)6-4-2;1-2-3(4)5/h7H,3-6,8H2,1-2H3;2H,1H2,(H2,4,5). The summed E-state index contributed by atoms with van der Waals surface area (Å²) < 4.78 is 0. The zero-order chi connectivity index (χ0) is 10.7. The quantitative estimate of drug-likeness (QED) is 0.640. The summed E-state index contributed by atoms with van der Waals surface area (Å²) in [6.07, 6.45) is 5.88. The fraction of sp³-hybridized carbons (Fsp3) is 0.700. The lowest BCUT2D eigenvalue weighted by Crippen LogP contribution is -2.18. The number of nitrogens with two attached hydrogens (primary N) is 2. The molecule has 0 aliphatic rings. The normalized spacial score (nSPS) is 8.92. The summed E-state index contributed by atoms with van der Waals surface area (Å²) in [6.45, 7) is 7.44. The topological polar surface area (TPSA) is 69.1 Å². The van der Waals surface area contributed by atoms with Crippen LogP contribution in [0.1, 0.15) is 39.5 Å². The van der Waals surface area contributed by atoms with E-state index in [9.17, 15) is 4.79 Å². The zero-order valence-corrected chi connectivity index (χ0v) is 8.75. The van der Waals surface area contributed by atoms with Crippen molar-refractivity contribution >= 4 is 5.91 Å². The predicted molar refractivity (Wildman–Crippen MR) is 57.2 cm³/mol. The number of rotatable bonds is 5. The van der Waals surface area contributed by atoms with E-state index in [2.05, 4.69) is 26.2 Å². The Bertz CT molecular complexity index is 129. The molecule has 0 atom stereocenters. The molecule has 0 aromatic carbocycles. The van der Waals surface area contributed by atoms with Gasteiger partial charge in [-0.3, -0.25) is 4.79 Å². The van der Waals surface area contributed by atoms with E-state index >= 15 is 0 Å². The van der Waals surface area contributed by atoms with E-state index in [4.69, 9.17) is 5.73 Å². The van der Waals surface area contributed by atoms with E-state index in [-0.39, 0.29) is 0 Å². The molecule has 0 radical (unpaired) electrons. The molecule has 0 spiro atoms. The lowest BCUT2D eigenvalue weighted by Gasteiger charge is -2.05. The summed E-state index contributed by atoms with van der Waals surface area (Å²) in [5, 5.41) is 0. The van der Waals surface area contributed by atoms with Crippen molar-refractivity contribution in [3.63, 3.8) is 0 Å². The second-order valence-corrected chi connectivity index (χ2v) is 2.94. The third kappa shape index (κ3) is 18.3. The smallest absolute Gasteiger partial charge is 0.240 e. The largest absolute Gasteiger partial charge is 0.366 e. The van der Waals surface area contributed by atoms with E-state index in [1.807, 2.05) is 0 Å². The Morgan fingerprint density at radius 2 is 1.69 bits per heavy atom. The van der Waals surface area contributed by atoms with Crippen LogP contribution in [0.3, 0.4) is 0 Å². The summed E-state index contributed by atoms with van der Waals surface area (Å²) in [5.74, 6) is -0.481. The molecule has 0 unspecified atom stereocenters. The van der Waals surface area contributed by atoms with Gasteiger partial charge in [-0.2, -0.15) is 0 Å². The molecule has 13 heavy (non-hydrogen) atoms. The molecule has 0 aromatic heterocycles. The highest BCUT2D eigenvalue weighted by atomic mass is 16.1. The Morgan fingerprint density at radius 1 is 1.38 bits per heavy atom. The van der Waals surface area contributed by atoms with Gasteiger partial charge in [0.2, 0.25) is 5.91 Å². The molecule has 0 rings (SSSR count). The monoisotopic (exact) mass is 186 g/mol. The van der Waals surface area contributed by atoms with Crippen LogP contribution in [0.2, 0.25) is 0 Å². The molecular weight excluding hydrogens is 164 g/mol. The molecule has 3 heteroatoms. The molecule has 0 bridgehead atoms. The van der Waals surface area contributed by atoms with Crippen molar-refractivity contribution in [3.8, 4) is 0 Å². The van der Waals surface area contributed by atoms with Crippen LogP contribution < -0.4 is 11.5 Å². The molecule has 0 fully saturated rings. The summed E-state index contributed by atoms with van der Waals surface area (Å²) in [5.41, 5.74) is 10.2. The molecule has 1 amide bonds. The highest BCUT2D eigenvalue weighted by Crippen LogP contribution is 1.99. The first-order valence-corrected chi connectivity index (χ1v) is 4.75. The average molecular weight is 186 g/mol. The highest BCUT2D eigenvalue weighted by Gasteiger charge is 1.95. The molecule has 0 aromatic rings. The maximum atomic E-state index is 9.47. The summed E-state index contributed by atoms with van der Waals surface area (Å²) in [6, 6.07) is 0.463. The maximum Gasteiger partial charge on any atom is 0.240 e. The van der Waals surface area contributed by atoms with Crippen LogP contribution in [0.4, 0.5) is 0 Å². The molecule has 3 nitrogen and oxygen atoms in total. The Balaban J connectivity index is 0. The van der Waals surface area contributed by atoms with Gasteiger partial charge in [-0.1, -0.05) is 33.3 Å². The minimum atomic E-state index is -0.481. The van der Waals surface area contributed by atoms with Crippen molar-refractivity contribution in [2.45, 2.75) is 45.6 Å². The highest BCUT2D eigenvalue weighted by molar-refractivity contribution is 5.84. The zero-order valence-electron chi connectivity index (χ0n) is 8.75. The van der Waals surface area contributed by atoms with Crippen molar-refractivity contribution in [3.05, 3.63) is 12.7 Å². The van der Waals surface area contributed by atoms with Crippen molar-refractivity contribution in [1.29, 1.82) is 0 Å². The van der Waals surface area contributed by atoms with Crippen molar-refractivity contribution in [1.82, 2.24) is 0 Å². The first-order chi connectivity index (χ1) is 6.08. The fourth-order valence-electron chi connectivity index (χ4n) is 0.886. The summed E-state index contributed by atoms with van der Waals surface area (Å²) in [7, 11) is 0. The minimum absolute atomic E-state index is 0.463. The number of hydrogen-bond donors (Lipinski definition) is 2. The first-order valence-electron chi connectivity index (χ1n) is 4.75. The van der Waals surface area contributed by atoms with Crippen molar-refractivity contribution < 1.29 is 4.79 Å². The third-order valence-electron chi connectivity index (χ3n) is 1.52. The minimum Gasteiger partial charge on any atom is -0.366 e. The second kappa shape index (κ2) is 11.2. The Kier molecular flexibility index (Phi) is 12.6. The number of primary amides is 1. The van der Waals surface area contributed by atoms with E-state index in [0.29, 0.717) is 6.04 Å². The number of carbonyl (C=O) groups is 1. The summed E-state index contributed by atoms with van der Waals surface area (Å²) >= 11 is 0. The molecule has 0 heterocycles.